The van der Waals surface area contributed by atoms with Crippen molar-refractivity contribution in [1.29, 1.82) is 0 Å². The van der Waals surface area contributed by atoms with Gasteiger partial charge in [-0.25, -0.2) is 9.78 Å². The summed E-state index contributed by atoms with van der Waals surface area (Å²) in [6, 6.07) is 6.53. The number of aliphatic imine (C=N–C) groups is 1. The third kappa shape index (κ3) is 6.40. The van der Waals surface area contributed by atoms with Gasteiger partial charge in [0, 0.05) is 11.1 Å². The molecule has 0 aliphatic carbocycles. The average molecular weight is 384 g/mol. The van der Waals surface area contributed by atoms with E-state index in [-0.39, 0.29) is 37.3 Å². The van der Waals surface area contributed by atoms with Crippen LogP contribution in [0.5, 0.6) is 0 Å². The average Bonchev–Trinajstić information content (AvgIpc) is 2.93. The van der Waals surface area contributed by atoms with E-state index in [9.17, 15) is 9.59 Å². The molecule has 25 heavy (non-hydrogen) atoms. The van der Waals surface area contributed by atoms with Crippen molar-refractivity contribution < 1.29 is 14.3 Å². The molecular weight excluding hydrogens is 366 g/mol. The number of aromatic nitrogens is 1. The van der Waals surface area contributed by atoms with E-state index < -0.39 is 5.97 Å². The Hall–Kier alpha value is -2.65. The largest absolute Gasteiger partial charge is 0.462 e. The summed E-state index contributed by atoms with van der Waals surface area (Å²) in [5, 5.41) is 4.81. The molecule has 0 saturated carbocycles. The molecule has 0 aliphatic heterocycles. The molecule has 0 atom stereocenters. The molecule has 8 nitrogen and oxygen atoms in total. The Bertz CT molecular complexity index is 774. The van der Waals surface area contributed by atoms with Gasteiger partial charge in [-0.05, 0) is 25.1 Å². The highest BCUT2D eigenvalue weighted by Gasteiger charge is 2.10. The number of esters is 1. The summed E-state index contributed by atoms with van der Waals surface area (Å²) in [6.07, 6.45) is 0.0696. The molecule has 5 N–H and O–H groups in total. The van der Waals surface area contributed by atoms with E-state index in [0.29, 0.717) is 22.1 Å². The van der Waals surface area contributed by atoms with Gasteiger partial charge in [-0.15, -0.1) is 23.7 Å². The number of amides is 1. The summed E-state index contributed by atoms with van der Waals surface area (Å²) < 4.78 is 4.92. The molecule has 2 aromatic rings. The maximum absolute atomic E-state index is 12.1. The number of carbonyl (C=O) groups is 2. The first-order valence-corrected chi connectivity index (χ1v) is 7.97. The Morgan fingerprint density at radius 2 is 2.12 bits per heavy atom. The molecule has 0 fully saturated rings. The standard InChI is InChI=1S/C15H17N5O3S.ClH/c1-2-23-13(22)9-4-3-5-10(6-9)18-12(21)7-11-8-24-15(19-11)20-14(16)17;/h3-6,8H,2,7H2,1H3,(H,18,21)(H4,16,17,19,20);1H. The van der Waals surface area contributed by atoms with E-state index in [4.69, 9.17) is 16.2 Å². The minimum Gasteiger partial charge on any atom is -0.462 e. The van der Waals surface area contributed by atoms with Crippen LogP contribution in [0, 0.1) is 0 Å². The fourth-order valence-electron chi connectivity index (χ4n) is 1.85. The summed E-state index contributed by atoms with van der Waals surface area (Å²) in [4.78, 5) is 31.7. The van der Waals surface area contributed by atoms with E-state index in [0.717, 1.165) is 0 Å². The number of nitrogens with two attached hydrogens (primary N) is 2. The number of hydrogen-bond acceptors (Lipinski definition) is 6. The fraction of sp³-hybridized carbons (Fsp3) is 0.200. The molecule has 0 spiro atoms. The highest BCUT2D eigenvalue weighted by atomic mass is 35.5. The van der Waals surface area contributed by atoms with Crippen LogP contribution in [0.1, 0.15) is 23.0 Å². The van der Waals surface area contributed by atoms with Crippen molar-refractivity contribution in [3.63, 3.8) is 0 Å². The number of ether oxygens (including phenoxy) is 1. The van der Waals surface area contributed by atoms with Crippen molar-refractivity contribution in [1.82, 2.24) is 4.98 Å². The van der Waals surface area contributed by atoms with Crippen molar-refractivity contribution in [2.45, 2.75) is 13.3 Å². The van der Waals surface area contributed by atoms with Gasteiger partial charge in [-0.3, -0.25) is 4.79 Å². The number of thiazole rings is 1. The minimum atomic E-state index is -0.435. The first-order valence-electron chi connectivity index (χ1n) is 7.09. The molecule has 0 saturated heterocycles. The molecule has 1 aromatic heterocycles. The lowest BCUT2D eigenvalue weighted by molar-refractivity contribution is -0.115. The van der Waals surface area contributed by atoms with Crippen LogP contribution in [-0.4, -0.2) is 29.4 Å². The number of anilines is 1. The Labute approximate surface area is 154 Å². The van der Waals surface area contributed by atoms with Gasteiger partial charge in [0.25, 0.3) is 0 Å². The van der Waals surface area contributed by atoms with Crippen molar-refractivity contribution in [2.24, 2.45) is 16.5 Å². The molecule has 10 heteroatoms. The number of rotatable bonds is 6. The Morgan fingerprint density at radius 3 is 2.80 bits per heavy atom. The molecule has 1 aromatic carbocycles. The molecule has 0 radical (unpaired) electrons. The van der Waals surface area contributed by atoms with Crippen LogP contribution in [-0.2, 0) is 16.0 Å². The molecule has 134 valence electrons. The van der Waals surface area contributed by atoms with E-state index in [1.807, 2.05) is 0 Å². The van der Waals surface area contributed by atoms with Gasteiger partial charge >= 0.3 is 5.97 Å². The van der Waals surface area contributed by atoms with Gasteiger partial charge in [0.15, 0.2) is 5.96 Å². The molecule has 2 rings (SSSR count). The smallest absolute Gasteiger partial charge is 0.338 e. The van der Waals surface area contributed by atoms with E-state index in [2.05, 4.69) is 15.3 Å². The summed E-state index contributed by atoms with van der Waals surface area (Å²) in [5.74, 6) is -0.788. The van der Waals surface area contributed by atoms with Crippen molar-refractivity contribution in [3.8, 4) is 0 Å². The number of hydrogen-bond donors (Lipinski definition) is 3. The topological polar surface area (TPSA) is 133 Å². The number of halogens is 1. The van der Waals surface area contributed by atoms with Gasteiger partial charge in [-0.2, -0.15) is 4.99 Å². The molecule has 0 aliphatic rings. The van der Waals surface area contributed by atoms with Crippen LogP contribution in [0.4, 0.5) is 10.8 Å². The van der Waals surface area contributed by atoms with Crippen LogP contribution in [0.15, 0.2) is 34.6 Å². The van der Waals surface area contributed by atoms with Gasteiger partial charge in [0.1, 0.15) is 0 Å². The van der Waals surface area contributed by atoms with Crippen LogP contribution < -0.4 is 16.8 Å². The number of nitrogens with one attached hydrogen (secondary N) is 1. The summed E-state index contributed by atoms with van der Waals surface area (Å²) in [5.41, 5.74) is 12.0. The van der Waals surface area contributed by atoms with Crippen LogP contribution in [0.2, 0.25) is 0 Å². The van der Waals surface area contributed by atoms with Crippen LogP contribution in [0.25, 0.3) is 0 Å². The van der Waals surface area contributed by atoms with E-state index in [1.165, 1.54) is 11.3 Å². The quantitative estimate of drug-likeness (QED) is 0.396. The predicted octanol–water partition coefficient (Wildman–Crippen LogP) is 1.83. The van der Waals surface area contributed by atoms with Gasteiger partial charge in [0.2, 0.25) is 11.0 Å². The summed E-state index contributed by atoms with van der Waals surface area (Å²) in [6.45, 7) is 2.02. The number of guanidine groups is 1. The Morgan fingerprint density at radius 1 is 1.36 bits per heavy atom. The van der Waals surface area contributed by atoms with Crippen LogP contribution >= 0.6 is 23.7 Å². The second-order valence-electron chi connectivity index (χ2n) is 4.68. The Kier molecular flexibility index (Phi) is 7.83. The number of carbonyl (C=O) groups excluding carboxylic acids is 2. The lowest BCUT2D eigenvalue weighted by atomic mass is 10.2. The number of benzene rings is 1. The normalized spacial score (nSPS) is 9.64. The highest BCUT2D eigenvalue weighted by Crippen LogP contribution is 2.19. The van der Waals surface area contributed by atoms with Gasteiger partial charge < -0.3 is 21.5 Å². The van der Waals surface area contributed by atoms with Crippen molar-refractivity contribution >= 4 is 52.4 Å². The minimum absolute atomic E-state index is 0. The fourth-order valence-corrected chi connectivity index (χ4v) is 2.55. The van der Waals surface area contributed by atoms with E-state index >= 15 is 0 Å². The van der Waals surface area contributed by atoms with Gasteiger partial charge in [-0.1, -0.05) is 6.07 Å². The predicted molar refractivity (Wildman–Crippen MR) is 99.6 cm³/mol. The third-order valence-electron chi connectivity index (χ3n) is 2.76. The summed E-state index contributed by atoms with van der Waals surface area (Å²) in [7, 11) is 0. The molecule has 0 bridgehead atoms. The molecular formula is C15H18ClN5O3S. The third-order valence-corrected chi connectivity index (χ3v) is 3.55. The Balaban J connectivity index is 0.00000312. The first kappa shape index (κ1) is 20.4. The van der Waals surface area contributed by atoms with Crippen molar-refractivity contribution in [2.75, 3.05) is 11.9 Å². The maximum atomic E-state index is 12.1. The highest BCUT2D eigenvalue weighted by molar-refractivity contribution is 7.13. The number of nitrogens with zero attached hydrogens (tertiary/aromatic N) is 2. The monoisotopic (exact) mass is 383 g/mol. The summed E-state index contributed by atoms with van der Waals surface area (Å²) >= 11 is 1.24. The molecule has 0 unspecified atom stereocenters. The second kappa shape index (κ2) is 9.60. The zero-order valence-corrected chi connectivity index (χ0v) is 15.0. The SMILES string of the molecule is CCOC(=O)c1cccc(NC(=O)Cc2csc(N=C(N)N)n2)c1.Cl. The first-order chi connectivity index (χ1) is 11.5. The lowest BCUT2D eigenvalue weighted by Gasteiger charge is -2.06. The second-order valence-corrected chi connectivity index (χ2v) is 5.52. The maximum Gasteiger partial charge on any atom is 0.338 e. The zero-order chi connectivity index (χ0) is 17.5. The molecule has 1 amide bonds. The lowest BCUT2D eigenvalue weighted by Crippen LogP contribution is -2.21. The molecule has 1 heterocycles. The van der Waals surface area contributed by atoms with Crippen molar-refractivity contribution in [3.05, 3.63) is 40.9 Å². The van der Waals surface area contributed by atoms with Gasteiger partial charge in [0.05, 0.1) is 24.3 Å². The zero-order valence-electron chi connectivity index (χ0n) is 13.4. The van der Waals surface area contributed by atoms with Crippen LogP contribution in [0.3, 0.4) is 0 Å². The van der Waals surface area contributed by atoms with E-state index in [1.54, 1.807) is 36.6 Å².